The van der Waals surface area contributed by atoms with Crippen LogP contribution >= 0.6 is 11.6 Å². The highest BCUT2D eigenvalue weighted by atomic mass is 35.5. The Bertz CT molecular complexity index is 416. The fourth-order valence-corrected chi connectivity index (χ4v) is 3.16. The highest BCUT2D eigenvalue weighted by Crippen LogP contribution is 2.26. The average molecular weight is 310 g/mol. The van der Waals surface area contributed by atoms with Crippen LogP contribution in [-0.4, -0.2) is 50.2 Å². The van der Waals surface area contributed by atoms with Gasteiger partial charge < -0.3 is 10.2 Å². The second-order valence-electron chi connectivity index (χ2n) is 5.86. The number of para-hydroxylation sites is 1. The molecule has 0 aromatic heterocycles. The third kappa shape index (κ3) is 4.87. The molecule has 2 rings (SSSR count). The molecular formula is C17H28ClN3. The molecule has 1 atom stereocenters. The highest BCUT2D eigenvalue weighted by Gasteiger charge is 2.21. The fraction of sp³-hybridized carbons (Fsp3) is 0.647. The molecule has 0 amide bonds. The minimum absolute atomic E-state index is 0.655. The first kappa shape index (κ1) is 16.6. The zero-order chi connectivity index (χ0) is 15.1. The Morgan fingerprint density at radius 1 is 1.14 bits per heavy atom. The van der Waals surface area contributed by atoms with E-state index in [1.54, 1.807) is 0 Å². The Balaban J connectivity index is 1.76. The fourth-order valence-electron chi connectivity index (χ4n) is 2.91. The molecule has 21 heavy (non-hydrogen) atoms. The molecule has 1 N–H and O–H groups in total. The maximum Gasteiger partial charge on any atom is 0.0639 e. The molecule has 0 radical (unpaired) electrons. The zero-order valence-electron chi connectivity index (χ0n) is 13.3. The summed E-state index contributed by atoms with van der Waals surface area (Å²) < 4.78 is 0. The second-order valence-corrected chi connectivity index (χ2v) is 6.27. The lowest BCUT2D eigenvalue weighted by Crippen LogP contribution is -2.50. The summed E-state index contributed by atoms with van der Waals surface area (Å²) in [7, 11) is 0. The molecule has 1 saturated heterocycles. The smallest absolute Gasteiger partial charge is 0.0639 e. The zero-order valence-corrected chi connectivity index (χ0v) is 14.1. The third-order valence-electron chi connectivity index (χ3n) is 4.30. The van der Waals surface area contributed by atoms with Gasteiger partial charge in [-0.2, -0.15) is 0 Å². The van der Waals surface area contributed by atoms with Crippen LogP contribution in [0.15, 0.2) is 24.3 Å². The van der Waals surface area contributed by atoms with Crippen molar-refractivity contribution in [2.24, 2.45) is 0 Å². The standard InChI is InChI=1S/C17H28ClN3/c1-3-9-19-10-8-15(2)20-11-13-21(14-12-20)17-7-5-4-6-16(17)18/h4-7,15,19H,3,8-14H2,1-2H3. The van der Waals surface area contributed by atoms with E-state index in [1.165, 1.54) is 18.5 Å². The molecule has 1 heterocycles. The summed E-state index contributed by atoms with van der Waals surface area (Å²) in [5, 5.41) is 4.36. The lowest BCUT2D eigenvalue weighted by molar-refractivity contribution is 0.188. The number of nitrogens with one attached hydrogen (secondary N) is 1. The van der Waals surface area contributed by atoms with Gasteiger partial charge in [-0.1, -0.05) is 30.7 Å². The van der Waals surface area contributed by atoms with Gasteiger partial charge in [0, 0.05) is 32.2 Å². The van der Waals surface area contributed by atoms with Crippen molar-refractivity contribution in [2.45, 2.75) is 32.7 Å². The van der Waals surface area contributed by atoms with Crippen LogP contribution in [0.5, 0.6) is 0 Å². The number of benzene rings is 1. The van der Waals surface area contributed by atoms with Gasteiger partial charge in [-0.05, 0) is 45.0 Å². The van der Waals surface area contributed by atoms with E-state index < -0.39 is 0 Å². The van der Waals surface area contributed by atoms with Gasteiger partial charge in [0.2, 0.25) is 0 Å². The highest BCUT2D eigenvalue weighted by molar-refractivity contribution is 6.33. The topological polar surface area (TPSA) is 18.5 Å². The minimum atomic E-state index is 0.655. The maximum absolute atomic E-state index is 6.29. The van der Waals surface area contributed by atoms with E-state index in [4.69, 9.17) is 11.6 Å². The summed E-state index contributed by atoms with van der Waals surface area (Å²) >= 11 is 6.29. The normalized spacial score (nSPS) is 18.0. The molecule has 1 unspecified atom stereocenters. The molecule has 118 valence electrons. The summed E-state index contributed by atoms with van der Waals surface area (Å²) in [5.41, 5.74) is 1.18. The Morgan fingerprint density at radius 2 is 1.86 bits per heavy atom. The van der Waals surface area contributed by atoms with Gasteiger partial charge in [-0.25, -0.2) is 0 Å². The van der Waals surface area contributed by atoms with Crippen molar-refractivity contribution in [3.63, 3.8) is 0 Å². The Labute approximate surface area is 134 Å². The van der Waals surface area contributed by atoms with Gasteiger partial charge in [0.25, 0.3) is 0 Å². The van der Waals surface area contributed by atoms with E-state index in [9.17, 15) is 0 Å². The molecule has 0 aliphatic carbocycles. The van der Waals surface area contributed by atoms with Gasteiger partial charge in [0.05, 0.1) is 10.7 Å². The van der Waals surface area contributed by atoms with Crippen molar-refractivity contribution in [3.05, 3.63) is 29.3 Å². The van der Waals surface area contributed by atoms with E-state index in [2.05, 4.69) is 41.1 Å². The molecule has 1 aromatic carbocycles. The predicted molar refractivity (Wildman–Crippen MR) is 92.5 cm³/mol. The van der Waals surface area contributed by atoms with E-state index in [0.29, 0.717) is 6.04 Å². The second kappa shape index (κ2) is 8.62. The van der Waals surface area contributed by atoms with Crippen molar-refractivity contribution in [1.82, 2.24) is 10.2 Å². The van der Waals surface area contributed by atoms with E-state index in [1.807, 2.05) is 12.1 Å². The lowest BCUT2D eigenvalue weighted by atomic mass is 10.1. The largest absolute Gasteiger partial charge is 0.368 e. The lowest BCUT2D eigenvalue weighted by Gasteiger charge is -2.39. The number of halogens is 1. The van der Waals surface area contributed by atoms with Gasteiger partial charge >= 0.3 is 0 Å². The average Bonchev–Trinajstić information content (AvgIpc) is 2.52. The van der Waals surface area contributed by atoms with Crippen LogP contribution in [0.25, 0.3) is 0 Å². The first-order chi connectivity index (χ1) is 10.2. The Kier molecular flexibility index (Phi) is 6.81. The molecule has 1 aliphatic heterocycles. The predicted octanol–water partition coefficient (Wildman–Crippen LogP) is 3.24. The van der Waals surface area contributed by atoms with Crippen molar-refractivity contribution in [1.29, 1.82) is 0 Å². The number of hydrogen-bond donors (Lipinski definition) is 1. The quantitative estimate of drug-likeness (QED) is 0.780. The van der Waals surface area contributed by atoms with Crippen LogP contribution in [0.2, 0.25) is 5.02 Å². The molecule has 4 heteroatoms. The first-order valence-electron chi connectivity index (χ1n) is 8.16. The molecule has 0 spiro atoms. The number of anilines is 1. The summed E-state index contributed by atoms with van der Waals surface area (Å²) in [6.45, 7) is 11.2. The Morgan fingerprint density at radius 3 is 2.52 bits per heavy atom. The SMILES string of the molecule is CCCNCCC(C)N1CCN(c2ccccc2Cl)CC1. The van der Waals surface area contributed by atoms with Crippen molar-refractivity contribution in [2.75, 3.05) is 44.2 Å². The summed E-state index contributed by atoms with van der Waals surface area (Å²) in [4.78, 5) is 5.00. The first-order valence-corrected chi connectivity index (χ1v) is 8.54. The van der Waals surface area contributed by atoms with Crippen LogP contribution in [0.3, 0.4) is 0 Å². The van der Waals surface area contributed by atoms with Gasteiger partial charge in [0.15, 0.2) is 0 Å². The van der Waals surface area contributed by atoms with Crippen LogP contribution in [-0.2, 0) is 0 Å². The van der Waals surface area contributed by atoms with E-state index in [-0.39, 0.29) is 0 Å². The van der Waals surface area contributed by atoms with Gasteiger partial charge in [-0.3, -0.25) is 4.90 Å². The summed E-state index contributed by atoms with van der Waals surface area (Å²) in [5.74, 6) is 0. The van der Waals surface area contributed by atoms with Gasteiger partial charge in [-0.15, -0.1) is 0 Å². The molecule has 3 nitrogen and oxygen atoms in total. The number of hydrogen-bond acceptors (Lipinski definition) is 3. The molecule has 1 fully saturated rings. The maximum atomic E-state index is 6.29. The van der Waals surface area contributed by atoms with Crippen LogP contribution < -0.4 is 10.2 Å². The molecule has 0 bridgehead atoms. The van der Waals surface area contributed by atoms with Crippen LogP contribution in [0, 0.1) is 0 Å². The molecule has 1 aliphatic rings. The number of rotatable bonds is 7. The van der Waals surface area contributed by atoms with Crippen LogP contribution in [0.4, 0.5) is 5.69 Å². The number of nitrogens with zero attached hydrogens (tertiary/aromatic N) is 2. The van der Waals surface area contributed by atoms with Crippen LogP contribution in [0.1, 0.15) is 26.7 Å². The van der Waals surface area contributed by atoms with Crippen molar-refractivity contribution in [3.8, 4) is 0 Å². The minimum Gasteiger partial charge on any atom is -0.368 e. The van der Waals surface area contributed by atoms with E-state index in [0.717, 1.165) is 44.3 Å². The van der Waals surface area contributed by atoms with Crippen molar-refractivity contribution >= 4 is 17.3 Å². The Hall–Kier alpha value is -0.770. The molecular weight excluding hydrogens is 282 g/mol. The summed E-state index contributed by atoms with van der Waals surface area (Å²) in [6.07, 6.45) is 2.44. The van der Waals surface area contributed by atoms with Gasteiger partial charge in [0.1, 0.15) is 0 Å². The van der Waals surface area contributed by atoms with Crippen molar-refractivity contribution < 1.29 is 0 Å². The monoisotopic (exact) mass is 309 g/mol. The molecule has 1 aromatic rings. The summed E-state index contributed by atoms with van der Waals surface area (Å²) in [6, 6.07) is 8.81. The number of piperazine rings is 1. The molecule has 0 saturated carbocycles. The van der Waals surface area contributed by atoms with E-state index >= 15 is 0 Å². The third-order valence-corrected chi connectivity index (χ3v) is 4.62.